The van der Waals surface area contributed by atoms with E-state index in [2.05, 4.69) is 5.32 Å². The molecule has 0 unspecified atom stereocenters. The number of esters is 1. The predicted octanol–water partition coefficient (Wildman–Crippen LogP) is 3.39. The summed E-state index contributed by atoms with van der Waals surface area (Å²) in [6, 6.07) is 16.4. The van der Waals surface area contributed by atoms with Crippen LogP contribution in [0.2, 0.25) is 0 Å². The van der Waals surface area contributed by atoms with E-state index in [4.69, 9.17) is 4.74 Å². The van der Waals surface area contributed by atoms with E-state index in [1.807, 2.05) is 30.3 Å². The van der Waals surface area contributed by atoms with Gasteiger partial charge in [0.05, 0.1) is 13.0 Å². The molecule has 0 saturated carbocycles. The Morgan fingerprint density at radius 3 is 2.24 bits per heavy atom. The zero-order chi connectivity index (χ0) is 18.1. The third-order valence-electron chi connectivity index (χ3n) is 3.63. The summed E-state index contributed by atoms with van der Waals surface area (Å²) in [7, 11) is 0. The molecule has 1 amide bonds. The maximum atomic E-state index is 11.8. The van der Waals surface area contributed by atoms with E-state index in [1.54, 1.807) is 24.3 Å². The van der Waals surface area contributed by atoms with Gasteiger partial charge in [-0.05, 0) is 36.8 Å². The number of rotatable bonds is 8. The SMILES string of the molecule is CC(=O)c1ccc(NC(=O)CCC(=O)OCCc2ccccc2)cc1. The molecule has 0 aliphatic carbocycles. The summed E-state index contributed by atoms with van der Waals surface area (Å²) in [6.45, 7) is 1.79. The molecule has 2 rings (SSSR count). The van der Waals surface area contributed by atoms with Gasteiger partial charge in [-0.15, -0.1) is 0 Å². The predicted molar refractivity (Wildman–Crippen MR) is 95.4 cm³/mol. The summed E-state index contributed by atoms with van der Waals surface area (Å²) in [5, 5.41) is 2.69. The summed E-state index contributed by atoms with van der Waals surface area (Å²) in [4.78, 5) is 34.7. The molecule has 0 radical (unpaired) electrons. The normalized spacial score (nSPS) is 10.1. The van der Waals surface area contributed by atoms with E-state index >= 15 is 0 Å². The Hall–Kier alpha value is -2.95. The second kappa shape index (κ2) is 9.37. The van der Waals surface area contributed by atoms with Crippen LogP contribution in [0.25, 0.3) is 0 Å². The van der Waals surface area contributed by atoms with E-state index in [0.717, 1.165) is 5.56 Å². The van der Waals surface area contributed by atoms with Crippen molar-refractivity contribution in [3.8, 4) is 0 Å². The van der Waals surface area contributed by atoms with Gasteiger partial charge in [-0.1, -0.05) is 30.3 Å². The van der Waals surface area contributed by atoms with Crippen molar-refractivity contribution >= 4 is 23.3 Å². The highest BCUT2D eigenvalue weighted by atomic mass is 16.5. The van der Waals surface area contributed by atoms with Crippen LogP contribution < -0.4 is 5.32 Å². The van der Waals surface area contributed by atoms with E-state index in [0.29, 0.717) is 24.3 Å². The van der Waals surface area contributed by atoms with Crippen LogP contribution in [0.15, 0.2) is 54.6 Å². The summed E-state index contributed by atoms with van der Waals surface area (Å²) in [6.07, 6.45) is 0.742. The van der Waals surface area contributed by atoms with Crippen molar-refractivity contribution in [3.05, 3.63) is 65.7 Å². The van der Waals surface area contributed by atoms with Gasteiger partial charge in [0.1, 0.15) is 0 Å². The number of hydrogen-bond donors (Lipinski definition) is 1. The average molecular weight is 339 g/mol. The first-order chi connectivity index (χ1) is 12.0. The molecule has 0 bridgehead atoms. The molecule has 0 heterocycles. The number of benzene rings is 2. The topological polar surface area (TPSA) is 72.5 Å². The largest absolute Gasteiger partial charge is 0.465 e. The van der Waals surface area contributed by atoms with Crippen molar-refractivity contribution in [1.82, 2.24) is 0 Å². The molecule has 0 spiro atoms. The molecular formula is C20H21NO4. The number of ketones is 1. The van der Waals surface area contributed by atoms with Crippen molar-refractivity contribution in [3.63, 3.8) is 0 Å². The number of carbonyl (C=O) groups is 3. The van der Waals surface area contributed by atoms with Gasteiger partial charge in [0.15, 0.2) is 5.78 Å². The Bertz CT molecular complexity index is 723. The summed E-state index contributed by atoms with van der Waals surface area (Å²) in [5.74, 6) is -0.690. The fourth-order valence-corrected chi connectivity index (χ4v) is 2.23. The first-order valence-corrected chi connectivity index (χ1v) is 8.15. The molecule has 5 heteroatoms. The molecule has 0 saturated heterocycles. The Morgan fingerprint density at radius 2 is 1.60 bits per heavy atom. The van der Waals surface area contributed by atoms with E-state index < -0.39 is 5.97 Å². The van der Waals surface area contributed by atoms with Gasteiger partial charge in [-0.25, -0.2) is 0 Å². The third-order valence-corrected chi connectivity index (χ3v) is 3.63. The fraction of sp³-hybridized carbons (Fsp3) is 0.250. The molecule has 0 fully saturated rings. The molecular weight excluding hydrogens is 318 g/mol. The van der Waals surface area contributed by atoms with Gasteiger partial charge in [-0.2, -0.15) is 0 Å². The maximum Gasteiger partial charge on any atom is 0.306 e. The number of nitrogens with one attached hydrogen (secondary N) is 1. The van der Waals surface area contributed by atoms with Gasteiger partial charge < -0.3 is 10.1 Å². The smallest absolute Gasteiger partial charge is 0.306 e. The van der Waals surface area contributed by atoms with Crippen LogP contribution in [0.1, 0.15) is 35.7 Å². The van der Waals surface area contributed by atoms with Gasteiger partial charge in [0.25, 0.3) is 0 Å². The highest BCUT2D eigenvalue weighted by Crippen LogP contribution is 2.11. The average Bonchev–Trinajstić information content (AvgIpc) is 2.61. The number of anilines is 1. The minimum Gasteiger partial charge on any atom is -0.465 e. The first kappa shape index (κ1) is 18.4. The second-order valence-corrected chi connectivity index (χ2v) is 5.64. The number of amides is 1. The van der Waals surface area contributed by atoms with Crippen molar-refractivity contribution in [2.75, 3.05) is 11.9 Å². The van der Waals surface area contributed by atoms with Crippen LogP contribution in [0.4, 0.5) is 5.69 Å². The number of Topliss-reactive ketones (excluding diaryl/α,β-unsaturated/α-hetero) is 1. The fourth-order valence-electron chi connectivity index (χ4n) is 2.23. The summed E-state index contributed by atoms with van der Waals surface area (Å²) < 4.78 is 5.13. The quantitative estimate of drug-likeness (QED) is 0.591. The van der Waals surface area contributed by atoms with Crippen LogP contribution in [0, 0.1) is 0 Å². The van der Waals surface area contributed by atoms with Crippen LogP contribution in [0.5, 0.6) is 0 Å². The first-order valence-electron chi connectivity index (χ1n) is 8.15. The molecule has 2 aromatic carbocycles. The summed E-state index contributed by atoms with van der Waals surface area (Å²) in [5.41, 5.74) is 2.27. The lowest BCUT2D eigenvalue weighted by Crippen LogP contribution is -2.15. The Labute approximate surface area is 147 Å². The number of hydrogen-bond acceptors (Lipinski definition) is 4. The third kappa shape index (κ3) is 6.59. The van der Waals surface area contributed by atoms with Crippen LogP contribution in [-0.2, 0) is 20.7 Å². The maximum absolute atomic E-state index is 11.8. The lowest BCUT2D eigenvalue weighted by molar-refractivity contribution is -0.144. The van der Waals surface area contributed by atoms with Crippen LogP contribution in [0.3, 0.4) is 0 Å². The molecule has 5 nitrogen and oxygen atoms in total. The van der Waals surface area contributed by atoms with Crippen molar-refractivity contribution in [2.24, 2.45) is 0 Å². The standard InChI is InChI=1S/C20H21NO4/c1-15(22)17-7-9-18(10-8-17)21-19(23)11-12-20(24)25-14-13-16-5-3-2-4-6-16/h2-10H,11-14H2,1H3,(H,21,23). The van der Waals surface area contributed by atoms with Gasteiger partial charge in [0, 0.05) is 24.1 Å². The van der Waals surface area contributed by atoms with Crippen LogP contribution in [-0.4, -0.2) is 24.3 Å². The van der Waals surface area contributed by atoms with Crippen molar-refractivity contribution in [2.45, 2.75) is 26.2 Å². The molecule has 25 heavy (non-hydrogen) atoms. The molecule has 130 valence electrons. The highest BCUT2D eigenvalue weighted by molar-refractivity contribution is 5.96. The minimum atomic E-state index is -0.391. The lowest BCUT2D eigenvalue weighted by Gasteiger charge is -2.07. The molecule has 1 N–H and O–H groups in total. The van der Waals surface area contributed by atoms with Gasteiger partial charge >= 0.3 is 5.97 Å². The molecule has 0 atom stereocenters. The lowest BCUT2D eigenvalue weighted by atomic mass is 10.1. The number of carbonyl (C=O) groups excluding carboxylic acids is 3. The molecule has 0 aliphatic heterocycles. The Kier molecular flexibility index (Phi) is 6.89. The van der Waals surface area contributed by atoms with E-state index in [9.17, 15) is 14.4 Å². The van der Waals surface area contributed by atoms with Crippen molar-refractivity contribution in [1.29, 1.82) is 0 Å². The Balaban J connectivity index is 1.66. The monoisotopic (exact) mass is 339 g/mol. The molecule has 2 aromatic rings. The van der Waals surface area contributed by atoms with Gasteiger partial charge in [0.2, 0.25) is 5.91 Å². The van der Waals surface area contributed by atoms with Crippen molar-refractivity contribution < 1.29 is 19.1 Å². The second-order valence-electron chi connectivity index (χ2n) is 5.64. The zero-order valence-electron chi connectivity index (χ0n) is 14.2. The van der Waals surface area contributed by atoms with E-state index in [-0.39, 0.29) is 24.5 Å². The highest BCUT2D eigenvalue weighted by Gasteiger charge is 2.09. The molecule has 0 aliphatic rings. The minimum absolute atomic E-state index is 0.0314. The van der Waals surface area contributed by atoms with Crippen LogP contribution >= 0.6 is 0 Å². The van der Waals surface area contributed by atoms with Gasteiger partial charge in [-0.3, -0.25) is 14.4 Å². The Morgan fingerprint density at radius 1 is 0.920 bits per heavy atom. The summed E-state index contributed by atoms with van der Waals surface area (Å²) >= 11 is 0. The molecule has 0 aromatic heterocycles. The van der Waals surface area contributed by atoms with E-state index in [1.165, 1.54) is 6.92 Å². The zero-order valence-corrected chi connectivity index (χ0v) is 14.2. The number of ether oxygens (including phenoxy) is 1.